The molecule has 0 amide bonds. The number of nitrogens with two attached hydrogens (primary N) is 1. The summed E-state index contributed by atoms with van der Waals surface area (Å²) < 4.78 is 46.3. The Morgan fingerprint density at radius 1 is 1.47 bits per heavy atom. The number of primary sulfonamides is 1. The summed E-state index contributed by atoms with van der Waals surface area (Å²) in [5.74, 6) is 0. The molecule has 15 heavy (non-hydrogen) atoms. The molecule has 0 fully saturated rings. The molecule has 0 aliphatic carbocycles. The average Bonchev–Trinajstić information content (AvgIpc) is 2.00. The maximum atomic E-state index is 12.3. The molecule has 1 rings (SSSR count). The van der Waals surface area contributed by atoms with E-state index in [0.717, 1.165) is 0 Å². The van der Waals surface area contributed by atoms with Gasteiger partial charge in [-0.3, -0.25) is 4.79 Å². The zero-order chi connectivity index (χ0) is 11.8. The SMILES string of the molecule is NS(=O)(=O)c1c(Cl)c(C(F)F)c[nH]c1=O. The summed E-state index contributed by atoms with van der Waals surface area (Å²) >= 11 is 5.33. The lowest BCUT2D eigenvalue weighted by atomic mass is 10.3. The fourth-order valence-corrected chi connectivity index (χ4v) is 2.15. The maximum absolute atomic E-state index is 12.3. The van der Waals surface area contributed by atoms with E-state index in [1.165, 1.54) is 0 Å². The van der Waals surface area contributed by atoms with E-state index in [9.17, 15) is 22.0 Å². The fraction of sp³-hybridized carbons (Fsp3) is 0.167. The van der Waals surface area contributed by atoms with Crippen molar-refractivity contribution in [3.63, 3.8) is 0 Å². The minimum Gasteiger partial charge on any atom is -0.327 e. The van der Waals surface area contributed by atoms with Crippen LogP contribution in [0.25, 0.3) is 0 Å². The minimum atomic E-state index is -4.43. The predicted molar refractivity (Wildman–Crippen MR) is 48.4 cm³/mol. The van der Waals surface area contributed by atoms with Gasteiger partial charge in [0.2, 0.25) is 10.0 Å². The molecule has 0 aliphatic rings. The molecule has 0 saturated carbocycles. The van der Waals surface area contributed by atoms with Crippen LogP contribution >= 0.6 is 11.6 Å². The summed E-state index contributed by atoms with van der Waals surface area (Å²) in [6, 6.07) is 0. The van der Waals surface area contributed by atoms with Gasteiger partial charge in [0.15, 0.2) is 4.90 Å². The van der Waals surface area contributed by atoms with Crippen molar-refractivity contribution in [2.75, 3.05) is 0 Å². The third-order valence-electron chi connectivity index (χ3n) is 1.54. The highest BCUT2D eigenvalue weighted by Gasteiger charge is 2.24. The van der Waals surface area contributed by atoms with Gasteiger partial charge in [-0.2, -0.15) is 0 Å². The van der Waals surface area contributed by atoms with Crippen LogP contribution in [0, 0.1) is 0 Å². The number of sulfonamides is 1. The molecule has 1 aromatic rings. The van der Waals surface area contributed by atoms with Crippen LogP contribution in [0.5, 0.6) is 0 Å². The van der Waals surface area contributed by atoms with Crippen LogP contribution in [0.3, 0.4) is 0 Å². The van der Waals surface area contributed by atoms with Crippen molar-refractivity contribution in [3.8, 4) is 0 Å². The molecule has 84 valence electrons. The van der Waals surface area contributed by atoms with E-state index in [1.54, 1.807) is 0 Å². The van der Waals surface area contributed by atoms with E-state index in [0.29, 0.717) is 6.20 Å². The summed E-state index contributed by atoms with van der Waals surface area (Å²) in [6.45, 7) is 0. The van der Waals surface area contributed by atoms with Gasteiger partial charge in [-0.15, -0.1) is 0 Å². The summed E-state index contributed by atoms with van der Waals surface area (Å²) in [6.07, 6.45) is -2.36. The zero-order valence-electron chi connectivity index (χ0n) is 7.00. The Balaban J connectivity index is 3.66. The first-order chi connectivity index (χ1) is 6.75. The Morgan fingerprint density at radius 3 is 2.40 bits per heavy atom. The molecule has 0 aliphatic heterocycles. The number of rotatable bonds is 2. The van der Waals surface area contributed by atoms with E-state index in [4.69, 9.17) is 11.6 Å². The van der Waals surface area contributed by atoms with Crippen LogP contribution in [-0.4, -0.2) is 13.4 Å². The molecule has 0 unspecified atom stereocenters. The predicted octanol–water partition coefficient (Wildman–Crippen LogP) is 0.613. The number of aromatic amines is 1. The largest absolute Gasteiger partial charge is 0.327 e. The zero-order valence-corrected chi connectivity index (χ0v) is 8.57. The first-order valence-electron chi connectivity index (χ1n) is 3.47. The average molecular weight is 259 g/mol. The quantitative estimate of drug-likeness (QED) is 0.814. The van der Waals surface area contributed by atoms with Gasteiger partial charge in [0, 0.05) is 6.20 Å². The lowest BCUT2D eigenvalue weighted by Gasteiger charge is -2.05. The summed E-state index contributed by atoms with van der Waals surface area (Å²) in [4.78, 5) is 11.8. The molecule has 1 heterocycles. The number of nitrogens with one attached hydrogen (secondary N) is 1. The molecule has 0 radical (unpaired) electrons. The Bertz CT molecular complexity index is 540. The van der Waals surface area contributed by atoms with Gasteiger partial charge in [-0.05, 0) is 0 Å². The molecule has 0 atom stereocenters. The van der Waals surface area contributed by atoms with Gasteiger partial charge in [-0.1, -0.05) is 11.6 Å². The lowest BCUT2D eigenvalue weighted by molar-refractivity contribution is 0.150. The number of halogens is 3. The highest BCUT2D eigenvalue weighted by atomic mass is 35.5. The van der Waals surface area contributed by atoms with Gasteiger partial charge >= 0.3 is 0 Å². The number of aromatic nitrogens is 1. The standard InChI is InChI=1S/C6H5ClF2N2O3S/c7-3-2(5(8)9)1-11-6(12)4(3)15(10,13)14/h1,5H,(H,11,12)(H2,10,13,14). The van der Waals surface area contributed by atoms with Crippen molar-refractivity contribution < 1.29 is 17.2 Å². The van der Waals surface area contributed by atoms with Crippen LogP contribution in [0.15, 0.2) is 15.9 Å². The Hall–Kier alpha value is -0.990. The van der Waals surface area contributed by atoms with Gasteiger partial charge < -0.3 is 4.98 Å². The third-order valence-corrected chi connectivity index (χ3v) is 3.02. The highest BCUT2D eigenvalue weighted by Crippen LogP contribution is 2.28. The minimum absolute atomic E-state index is 0.643. The Labute approximate surface area is 87.9 Å². The van der Waals surface area contributed by atoms with Crippen LogP contribution in [-0.2, 0) is 10.0 Å². The molecular weight excluding hydrogens is 254 g/mol. The number of H-pyrrole nitrogens is 1. The van der Waals surface area contributed by atoms with Crippen molar-refractivity contribution in [2.45, 2.75) is 11.3 Å². The second-order valence-electron chi connectivity index (χ2n) is 2.56. The Morgan fingerprint density at radius 2 is 2.00 bits per heavy atom. The first kappa shape index (κ1) is 12.1. The van der Waals surface area contributed by atoms with Crippen molar-refractivity contribution in [3.05, 3.63) is 27.1 Å². The molecule has 0 spiro atoms. The summed E-state index contributed by atoms with van der Waals surface area (Å²) in [7, 11) is -4.43. The molecule has 0 saturated heterocycles. The molecule has 1 aromatic heterocycles. The van der Waals surface area contributed by atoms with Gasteiger partial charge in [-0.25, -0.2) is 22.3 Å². The fourth-order valence-electron chi connectivity index (χ4n) is 0.916. The first-order valence-corrected chi connectivity index (χ1v) is 5.39. The van der Waals surface area contributed by atoms with Crippen molar-refractivity contribution in [2.24, 2.45) is 5.14 Å². The van der Waals surface area contributed by atoms with Crippen LogP contribution in [0.4, 0.5) is 8.78 Å². The van der Waals surface area contributed by atoms with Gasteiger partial charge in [0.25, 0.3) is 12.0 Å². The maximum Gasteiger partial charge on any atom is 0.269 e. The topological polar surface area (TPSA) is 93.0 Å². The highest BCUT2D eigenvalue weighted by molar-refractivity contribution is 7.89. The third kappa shape index (κ3) is 2.33. The lowest BCUT2D eigenvalue weighted by Crippen LogP contribution is -2.24. The second kappa shape index (κ2) is 3.87. The molecule has 3 N–H and O–H groups in total. The summed E-state index contributed by atoms with van der Waals surface area (Å²) in [5.41, 5.74) is -1.92. The van der Waals surface area contributed by atoms with E-state index in [2.05, 4.69) is 5.14 Å². The van der Waals surface area contributed by atoms with E-state index < -0.39 is 37.5 Å². The van der Waals surface area contributed by atoms with Crippen LogP contribution in [0.2, 0.25) is 5.02 Å². The molecular formula is C6H5ClF2N2O3S. The Kier molecular flexibility index (Phi) is 3.12. The van der Waals surface area contributed by atoms with Crippen LogP contribution < -0.4 is 10.7 Å². The van der Waals surface area contributed by atoms with Crippen molar-refractivity contribution in [1.82, 2.24) is 4.98 Å². The number of hydrogen-bond donors (Lipinski definition) is 2. The smallest absolute Gasteiger partial charge is 0.269 e. The molecule has 5 nitrogen and oxygen atoms in total. The van der Waals surface area contributed by atoms with E-state index >= 15 is 0 Å². The summed E-state index contributed by atoms with van der Waals surface area (Å²) in [5, 5.41) is 3.80. The number of hydrogen-bond acceptors (Lipinski definition) is 3. The molecule has 0 aromatic carbocycles. The number of alkyl halides is 2. The second-order valence-corrected chi connectivity index (χ2v) is 4.44. The van der Waals surface area contributed by atoms with Crippen LogP contribution in [0.1, 0.15) is 12.0 Å². The normalized spacial score (nSPS) is 12.1. The van der Waals surface area contributed by atoms with Gasteiger partial charge in [0.05, 0.1) is 10.6 Å². The van der Waals surface area contributed by atoms with E-state index in [1.807, 2.05) is 4.98 Å². The van der Waals surface area contributed by atoms with Crippen molar-refractivity contribution >= 4 is 21.6 Å². The van der Waals surface area contributed by atoms with Crippen molar-refractivity contribution in [1.29, 1.82) is 0 Å². The molecule has 0 bridgehead atoms. The number of pyridine rings is 1. The van der Waals surface area contributed by atoms with E-state index in [-0.39, 0.29) is 0 Å². The monoisotopic (exact) mass is 258 g/mol. The van der Waals surface area contributed by atoms with Gasteiger partial charge in [0.1, 0.15) is 0 Å². The molecule has 9 heteroatoms.